The number of carboxylic acid groups (broad SMARTS) is 1. The highest BCUT2D eigenvalue weighted by molar-refractivity contribution is 6.03. The van der Waals surface area contributed by atoms with Gasteiger partial charge in [0, 0.05) is 12.4 Å². The Labute approximate surface area is 143 Å². The number of carbonyl (C=O) groups is 2. The molecule has 1 aromatic carbocycles. The van der Waals surface area contributed by atoms with Gasteiger partial charge in [0.15, 0.2) is 0 Å². The van der Waals surface area contributed by atoms with Gasteiger partial charge in [0.1, 0.15) is 12.2 Å². The Morgan fingerprint density at radius 2 is 1.92 bits per heavy atom. The molecular weight excluding hydrogens is 322 g/mol. The summed E-state index contributed by atoms with van der Waals surface area (Å²) in [5.41, 5.74) is 3.00. The van der Waals surface area contributed by atoms with E-state index in [1.54, 1.807) is 17.1 Å². The van der Waals surface area contributed by atoms with E-state index in [1.165, 1.54) is 17.8 Å². The number of benzene rings is 1. The number of aryl methyl sites for hydroxylation is 1. The summed E-state index contributed by atoms with van der Waals surface area (Å²) in [6.07, 6.45) is 4.65. The zero-order chi connectivity index (χ0) is 17.8. The molecule has 25 heavy (non-hydrogen) atoms. The van der Waals surface area contributed by atoms with E-state index in [2.05, 4.69) is 15.5 Å². The molecule has 0 unspecified atom stereocenters. The third kappa shape index (κ3) is 4.11. The van der Waals surface area contributed by atoms with E-state index in [0.29, 0.717) is 12.2 Å². The van der Waals surface area contributed by atoms with Crippen molar-refractivity contribution in [2.75, 3.05) is 5.32 Å². The van der Waals surface area contributed by atoms with Crippen LogP contribution in [0.4, 0.5) is 5.69 Å². The average molecular weight is 339 g/mol. The van der Waals surface area contributed by atoms with Crippen molar-refractivity contribution in [1.82, 2.24) is 19.6 Å². The summed E-state index contributed by atoms with van der Waals surface area (Å²) in [7, 11) is 0. The highest BCUT2D eigenvalue weighted by Crippen LogP contribution is 2.11. The van der Waals surface area contributed by atoms with Crippen molar-refractivity contribution in [3.05, 3.63) is 65.7 Å². The van der Waals surface area contributed by atoms with Crippen LogP contribution in [0.3, 0.4) is 0 Å². The molecule has 1 amide bonds. The van der Waals surface area contributed by atoms with Crippen molar-refractivity contribution >= 4 is 17.6 Å². The topological polar surface area (TPSA) is 102 Å². The van der Waals surface area contributed by atoms with E-state index in [0.717, 1.165) is 10.2 Å². The van der Waals surface area contributed by atoms with Crippen molar-refractivity contribution in [2.24, 2.45) is 0 Å². The maximum absolute atomic E-state index is 12.3. The number of carbonyl (C=O) groups excluding carboxylic acids is 1. The molecule has 8 heteroatoms. The summed E-state index contributed by atoms with van der Waals surface area (Å²) < 4.78 is 2.85. The van der Waals surface area contributed by atoms with Gasteiger partial charge < -0.3 is 10.4 Å². The van der Waals surface area contributed by atoms with Crippen molar-refractivity contribution in [3.63, 3.8) is 0 Å². The molecule has 0 aliphatic rings. The lowest BCUT2D eigenvalue weighted by atomic mass is 10.1. The number of carboxylic acids is 1. The molecule has 0 fully saturated rings. The maximum Gasteiger partial charge on any atom is 0.325 e. The fraction of sp³-hybridized carbons (Fsp3) is 0.176. The fourth-order valence-electron chi connectivity index (χ4n) is 2.37. The third-order valence-electron chi connectivity index (χ3n) is 3.59. The Morgan fingerprint density at radius 1 is 1.16 bits per heavy atom. The first kappa shape index (κ1) is 16.4. The van der Waals surface area contributed by atoms with Crippen molar-refractivity contribution in [3.8, 4) is 0 Å². The van der Waals surface area contributed by atoms with E-state index in [4.69, 9.17) is 5.11 Å². The van der Waals surface area contributed by atoms with Gasteiger partial charge in [0.05, 0.1) is 18.4 Å². The molecular formula is C17H17N5O3. The summed E-state index contributed by atoms with van der Waals surface area (Å²) in [4.78, 5) is 23.1. The number of rotatable bonds is 6. The zero-order valence-corrected chi connectivity index (χ0v) is 13.6. The first-order valence-corrected chi connectivity index (χ1v) is 7.64. The van der Waals surface area contributed by atoms with E-state index in [9.17, 15) is 9.59 Å². The van der Waals surface area contributed by atoms with Gasteiger partial charge in [-0.05, 0) is 18.6 Å². The highest BCUT2D eigenvalue weighted by Gasteiger charge is 2.15. The van der Waals surface area contributed by atoms with Crippen LogP contribution in [0.1, 0.15) is 21.6 Å². The van der Waals surface area contributed by atoms with E-state index < -0.39 is 11.9 Å². The summed E-state index contributed by atoms with van der Waals surface area (Å²) >= 11 is 0. The summed E-state index contributed by atoms with van der Waals surface area (Å²) in [5.74, 6) is -1.50. The Bertz CT molecular complexity index is 895. The highest BCUT2D eigenvalue weighted by atomic mass is 16.4. The molecule has 0 spiro atoms. The molecule has 0 saturated heterocycles. The van der Waals surface area contributed by atoms with Crippen LogP contribution in [0.25, 0.3) is 0 Å². The van der Waals surface area contributed by atoms with Crippen LogP contribution in [0.2, 0.25) is 0 Å². The predicted octanol–water partition coefficient (Wildman–Crippen LogP) is 1.77. The van der Waals surface area contributed by atoms with Gasteiger partial charge in [-0.2, -0.15) is 10.2 Å². The van der Waals surface area contributed by atoms with Crippen LogP contribution in [-0.4, -0.2) is 36.5 Å². The zero-order valence-electron chi connectivity index (χ0n) is 13.6. The number of hydrogen-bond donors (Lipinski definition) is 2. The summed E-state index contributed by atoms with van der Waals surface area (Å²) in [5, 5.41) is 19.6. The molecule has 8 nitrogen and oxygen atoms in total. The monoisotopic (exact) mass is 339 g/mol. The van der Waals surface area contributed by atoms with Crippen LogP contribution in [-0.2, 0) is 17.9 Å². The third-order valence-corrected chi connectivity index (χ3v) is 3.59. The van der Waals surface area contributed by atoms with Crippen LogP contribution in [0, 0.1) is 6.92 Å². The van der Waals surface area contributed by atoms with Crippen LogP contribution >= 0.6 is 0 Å². The molecule has 2 heterocycles. The van der Waals surface area contributed by atoms with Crippen molar-refractivity contribution in [1.29, 1.82) is 0 Å². The molecule has 0 aliphatic carbocycles. The molecule has 0 radical (unpaired) electrons. The van der Waals surface area contributed by atoms with Gasteiger partial charge in [-0.1, -0.05) is 29.8 Å². The lowest BCUT2D eigenvalue weighted by Gasteiger charge is -2.05. The molecule has 2 aromatic heterocycles. The lowest BCUT2D eigenvalue weighted by molar-refractivity contribution is -0.137. The second-order valence-corrected chi connectivity index (χ2v) is 5.63. The molecule has 0 aliphatic heterocycles. The van der Waals surface area contributed by atoms with Gasteiger partial charge in [-0.15, -0.1) is 0 Å². The van der Waals surface area contributed by atoms with Crippen molar-refractivity contribution < 1.29 is 14.7 Å². The minimum Gasteiger partial charge on any atom is -0.480 e. The number of amides is 1. The number of anilines is 1. The smallest absolute Gasteiger partial charge is 0.325 e. The van der Waals surface area contributed by atoms with Crippen LogP contribution in [0.5, 0.6) is 0 Å². The number of hydrogen-bond acceptors (Lipinski definition) is 4. The second-order valence-electron chi connectivity index (χ2n) is 5.63. The number of aromatic nitrogens is 4. The second kappa shape index (κ2) is 7.00. The summed E-state index contributed by atoms with van der Waals surface area (Å²) in [6, 6.07) is 9.59. The first-order valence-electron chi connectivity index (χ1n) is 7.64. The molecule has 0 saturated carbocycles. The minimum atomic E-state index is -1.07. The molecule has 0 atom stereocenters. The van der Waals surface area contributed by atoms with Gasteiger partial charge in [-0.25, -0.2) is 4.68 Å². The van der Waals surface area contributed by atoms with Gasteiger partial charge in [0.25, 0.3) is 5.91 Å². The van der Waals surface area contributed by atoms with E-state index in [1.807, 2.05) is 31.2 Å². The van der Waals surface area contributed by atoms with Crippen molar-refractivity contribution in [2.45, 2.75) is 20.0 Å². The number of nitrogens with zero attached hydrogens (tertiary/aromatic N) is 4. The fourth-order valence-corrected chi connectivity index (χ4v) is 2.37. The Morgan fingerprint density at radius 3 is 2.64 bits per heavy atom. The summed E-state index contributed by atoms with van der Waals surface area (Å²) in [6.45, 7) is 2.25. The van der Waals surface area contributed by atoms with Gasteiger partial charge in [0.2, 0.25) is 0 Å². The largest absolute Gasteiger partial charge is 0.480 e. The molecule has 2 N–H and O–H groups in total. The predicted molar refractivity (Wildman–Crippen MR) is 90.3 cm³/mol. The number of aliphatic carboxylic acids is 1. The lowest BCUT2D eigenvalue weighted by Crippen LogP contribution is -2.20. The van der Waals surface area contributed by atoms with Crippen LogP contribution in [0.15, 0.2) is 48.9 Å². The average Bonchev–Trinajstić information content (AvgIpc) is 3.18. The minimum absolute atomic E-state index is 0.175. The van der Waals surface area contributed by atoms with Gasteiger partial charge >= 0.3 is 5.97 Å². The Hall–Kier alpha value is -3.42. The first-order chi connectivity index (χ1) is 12.0. The molecule has 128 valence electrons. The maximum atomic E-state index is 12.3. The molecule has 3 aromatic rings. The quantitative estimate of drug-likeness (QED) is 0.712. The van der Waals surface area contributed by atoms with Gasteiger partial charge in [-0.3, -0.25) is 14.3 Å². The van der Waals surface area contributed by atoms with Crippen LogP contribution < -0.4 is 5.32 Å². The SMILES string of the molecule is Cc1ccc(Cn2cc(NC(=O)c3ccnn3CC(=O)O)cn2)cc1. The number of nitrogens with one attached hydrogen (secondary N) is 1. The standard InChI is InChI=1S/C17H17N5O3/c1-12-2-4-13(5-3-12)9-21-10-14(8-19-21)20-17(25)15-6-7-18-22(15)11-16(23)24/h2-8,10H,9,11H2,1H3,(H,20,25)(H,23,24). The Kier molecular flexibility index (Phi) is 4.60. The van der Waals surface area contributed by atoms with E-state index in [-0.39, 0.29) is 12.2 Å². The molecule has 0 bridgehead atoms. The molecule has 3 rings (SSSR count). The van der Waals surface area contributed by atoms with E-state index >= 15 is 0 Å². The Balaban J connectivity index is 1.67. The normalized spacial score (nSPS) is 10.6.